The van der Waals surface area contributed by atoms with Crippen LogP contribution in [0.4, 0.5) is 0 Å². The van der Waals surface area contributed by atoms with E-state index >= 15 is 0 Å². The summed E-state index contributed by atoms with van der Waals surface area (Å²) in [6, 6.07) is 7.02. The van der Waals surface area contributed by atoms with Gasteiger partial charge in [0, 0.05) is 0 Å². The summed E-state index contributed by atoms with van der Waals surface area (Å²) in [6.45, 7) is 8.88. The summed E-state index contributed by atoms with van der Waals surface area (Å²) in [4.78, 5) is 24.6. The van der Waals surface area contributed by atoms with Crippen LogP contribution in [-0.2, 0) is 0 Å². The van der Waals surface area contributed by atoms with Crippen molar-refractivity contribution in [2.24, 2.45) is 0 Å². The van der Waals surface area contributed by atoms with E-state index in [9.17, 15) is 9.59 Å². The maximum absolute atomic E-state index is 12.3. The van der Waals surface area contributed by atoms with Crippen LogP contribution in [0.2, 0.25) is 0 Å². The molecule has 0 aliphatic carbocycles. The van der Waals surface area contributed by atoms with Gasteiger partial charge in [-0.05, 0) is 32.9 Å². The first-order chi connectivity index (χ1) is 9.08. The topological polar surface area (TPSA) is 37.4 Å². The standard InChI is InChI=1S/C14H19N2O2S/c1-4-16(5-2,6-3)19-15-13(17)11-9-7-8-10-12(11)14(15)18/h7-10H,4-6H2,1-3H3/q+1. The lowest BCUT2D eigenvalue weighted by molar-refractivity contribution is -0.791. The van der Waals surface area contributed by atoms with E-state index in [1.165, 1.54) is 16.4 Å². The van der Waals surface area contributed by atoms with Crippen molar-refractivity contribution in [3.8, 4) is 0 Å². The molecule has 0 bridgehead atoms. The molecule has 2 rings (SSSR count). The minimum Gasteiger partial charge on any atom is -0.267 e. The molecule has 0 radical (unpaired) electrons. The van der Waals surface area contributed by atoms with Gasteiger partial charge in [0.25, 0.3) is 11.8 Å². The normalized spacial score (nSPS) is 15.0. The molecule has 0 fully saturated rings. The Balaban J connectivity index is 2.30. The zero-order chi connectivity index (χ0) is 14.0. The van der Waals surface area contributed by atoms with Crippen molar-refractivity contribution in [3.05, 3.63) is 35.4 Å². The van der Waals surface area contributed by atoms with Gasteiger partial charge < -0.3 is 0 Å². The van der Waals surface area contributed by atoms with Crippen molar-refractivity contribution >= 4 is 23.9 Å². The molecule has 1 aliphatic rings. The average molecular weight is 279 g/mol. The van der Waals surface area contributed by atoms with E-state index in [4.69, 9.17) is 0 Å². The summed E-state index contributed by atoms with van der Waals surface area (Å²) in [5.41, 5.74) is 1.03. The highest BCUT2D eigenvalue weighted by atomic mass is 32.2. The van der Waals surface area contributed by atoms with Gasteiger partial charge >= 0.3 is 0 Å². The highest BCUT2D eigenvalue weighted by molar-refractivity contribution is 7.92. The van der Waals surface area contributed by atoms with Gasteiger partial charge in [0.2, 0.25) is 12.1 Å². The van der Waals surface area contributed by atoms with Crippen LogP contribution in [0.3, 0.4) is 0 Å². The van der Waals surface area contributed by atoms with Crippen molar-refractivity contribution in [1.82, 2.24) is 4.31 Å². The molecule has 0 spiro atoms. The molecule has 102 valence electrons. The number of amides is 2. The minimum absolute atomic E-state index is 0.191. The third-order valence-corrected chi connectivity index (χ3v) is 5.36. The predicted molar refractivity (Wildman–Crippen MR) is 76.4 cm³/mol. The van der Waals surface area contributed by atoms with E-state index in [1.54, 1.807) is 24.3 Å². The van der Waals surface area contributed by atoms with Crippen LogP contribution in [-0.4, -0.2) is 39.6 Å². The summed E-state index contributed by atoms with van der Waals surface area (Å²) in [5.74, 6) is -0.382. The van der Waals surface area contributed by atoms with Gasteiger partial charge in [-0.1, -0.05) is 12.1 Å². The Morgan fingerprint density at radius 1 is 0.947 bits per heavy atom. The molecule has 0 unspecified atom stereocenters. The molecule has 0 atom stereocenters. The first-order valence-electron chi connectivity index (χ1n) is 6.62. The molecule has 19 heavy (non-hydrogen) atoms. The van der Waals surface area contributed by atoms with Crippen LogP contribution in [0.15, 0.2) is 24.3 Å². The van der Waals surface area contributed by atoms with Gasteiger partial charge in [0.15, 0.2) is 0 Å². The van der Waals surface area contributed by atoms with Crippen LogP contribution in [0.25, 0.3) is 0 Å². The molecular formula is C14H19N2O2S+. The second-order valence-corrected chi connectivity index (χ2v) is 5.84. The first kappa shape index (κ1) is 14.1. The molecule has 0 N–H and O–H groups in total. The summed E-state index contributed by atoms with van der Waals surface area (Å²) in [5, 5.41) is 0. The van der Waals surface area contributed by atoms with Crippen molar-refractivity contribution in [3.63, 3.8) is 0 Å². The van der Waals surface area contributed by atoms with E-state index in [-0.39, 0.29) is 11.8 Å². The Morgan fingerprint density at radius 2 is 1.37 bits per heavy atom. The highest BCUT2D eigenvalue weighted by Crippen LogP contribution is 2.34. The van der Waals surface area contributed by atoms with E-state index in [0.29, 0.717) is 15.0 Å². The third kappa shape index (κ3) is 2.28. The van der Waals surface area contributed by atoms with Gasteiger partial charge in [0.05, 0.1) is 30.8 Å². The summed E-state index contributed by atoms with van der Waals surface area (Å²) >= 11 is 1.34. The molecule has 5 heteroatoms. The molecule has 0 saturated carbocycles. The fourth-order valence-corrected chi connectivity index (χ4v) is 3.30. The molecule has 1 aromatic rings. The number of imide groups is 1. The Bertz CT molecular complexity index is 469. The van der Waals surface area contributed by atoms with Crippen LogP contribution in [0.1, 0.15) is 41.5 Å². The highest BCUT2D eigenvalue weighted by Gasteiger charge is 2.42. The Hall–Kier alpha value is -1.33. The molecule has 1 heterocycles. The fraction of sp³-hybridized carbons (Fsp3) is 0.429. The smallest absolute Gasteiger partial charge is 0.267 e. The van der Waals surface area contributed by atoms with Crippen LogP contribution in [0, 0.1) is 0 Å². The van der Waals surface area contributed by atoms with E-state index in [0.717, 1.165) is 19.6 Å². The number of hydrogen-bond donors (Lipinski definition) is 0. The number of nitrogens with zero attached hydrogens (tertiary/aromatic N) is 2. The number of rotatable bonds is 5. The van der Waals surface area contributed by atoms with Crippen LogP contribution < -0.4 is 0 Å². The summed E-state index contributed by atoms with van der Waals surface area (Å²) in [7, 11) is 0. The Morgan fingerprint density at radius 3 is 1.74 bits per heavy atom. The molecule has 1 aromatic carbocycles. The van der Waals surface area contributed by atoms with Gasteiger partial charge in [0.1, 0.15) is 0 Å². The largest absolute Gasteiger partial charge is 0.275 e. The van der Waals surface area contributed by atoms with E-state index in [1.807, 2.05) is 0 Å². The fourth-order valence-electron chi connectivity index (χ4n) is 2.26. The molecule has 0 aromatic heterocycles. The second kappa shape index (κ2) is 5.35. The minimum atomic E-state index is -0.191. The number of fused-ring (bicyclic) bond motifs is 1. The number of benzene rings is 1. The van der Waals surface area contributed by atoms with Gasteiger partial charge in [-0.2, -0.15) is 4.31 Å². The summed E-state index contributed by atoms with van der Waals surface area (Å²) < 4.78 is 1.99. The summed E-state index contributed by atoms with van der Waals surface area (Å²) in [6.07, 6.45) is 0. The lowest BCUT2D eigenvalue weighted by Gasteiger charge is -2.33. The molecule has 0 saturated heterocycles. The van der Waals surface area contributed by atoms with E-state index < -0.39 is 0 Å². The predicted octanol–water partition coefficient (Wildman–Crippen LogP) is 2.72. The number of hydrogen-bond acceptors (Lipinski definition) is 3. The molecule has 1 aliphatic heterocycles. The van der Waals surface area contributed by atoms with Crippen molar-refractivity contribution < 1.29 is 13.5 Å². The first-order valence-corrected chi connectivity index (χ1v) is 7.35. The Kier molecular flexibility index (Phi) is 3.96. The van der Waals surface area contributed by atoms with Gasteiger partial charge in [-0.25, -0.2) is 3.89 Å². The molecular weight excluding hydrogens is 260 g/mol. The number of quaternary nitrogens is 1. The maximum Gasteiger partial charge on any atom is 0.275 e. The zero-order valence-corrected chi connectivity index (χ0v) is 12.4. The quantitative estimate of drug-likeness (QED) is 0.472. The lowest BCUT2D eigenvalue weighted by Crippen LogP contribution is -2.45. The van der Waals surface area contributed by atoms with Gasteiger partial charge in [-0.3, -0.25) is 9.59 Å². The maximum atomic E-state index is 12.3. The van der Waals surface area contributed by atoms with E-state index in [2.05, 4.69) is 20.8 Å². The number of carbonyl (C=O) groups excluding carboxylic acids is 2. The van der Waals surface area contributed by atoms with Crippen LogP contribution >= 0.6 is 12.1 Å². The number of carbonyl (C=O) groups is 2. The van der Waals surface area contributed by atoms with Crippen molar-refractivity contribution in [2.45, 2.75) is 20.8 Å². The SMILES string of the molecule is CC[N+](CC)(CC)SN1C(=O)c2ccccc2C1=O. The average Bonchev–Trinajstić information content (AvgIpc) is 2.70. The van der Waals surface area contributed by atoms with Crippen molar-refractivity contribution in [2.75, 3.05) is 19.6 Å². The van der Waals surface area contributed by atoms with Crippen LogP contribution in [0.5, 0.6) is 0 Å². The second-order valence-electron chi connectivity index (χ2n) is 4.54. The zero-order valence-electron chi connectivity index (χ0n) is 11.5. The third-order valence-electron chi connectivity index (χ3n) is 3.74. The Labute approximate surface area is 118 Å². The molecule has 4 nitrogen and oxygen atoms in total. The van der Waals surface area contributed by atoms with Gasteiger partial charge in [-0.15, -0.1) is 0 Å². The lowest BCUT2D eigenvalue weighted by atomic mass is 10.1. The monoisotopic (exact) mass is 279 g/mol. The molecule has 2 amide bonds. The van der Waals surface area contributed by atoms with Crippen molar-refractivity contribution in [1.29, 1.82) is 0 Å².